The van der Waals surface area contributed by atoms with E-state index in [0.29, 0.717) is 11.8 Å². The molecule has 2 aromatic rings. The van der Waals surface area contributed by atoms with Gasteiger partial charge in [-0.2, -0.15) is 0 Å². The standard InChI is InChI=1S/C21H27N5O2/c1-15(27)23-10-20(28)26-12-17-11-25(14-19-22-8-9-24(19)2)13-18(17)21(26)16-6-4-3-5-7-16/h3-9,17-18,21H,10-14H2,1-2H3,(H,23,27)/t17-,18-,21+/m0/s1. The molecule has 28 heavy (non-hydrogen) atoms. The van der Waals surface area contributed by atoms with Crippen LogP contribution in [-0.2, 0) is 23.2 Å². The van der Waals surface area contributed by atoms with E-state index in [1.165, 1.54) is 12.5 Å². The highest BCUT2D eigenvalue weighted by Gasteiger charge is 2.48. The highest BCUT2D eigenvalue weighted by Crippen LogP contribution is 2.45. The van der Waals surface area contributed by atoms with Crippen LogP contribution in [0.1, 0.15) is 24.4 Å². The Morgan fingerprint density at radius 2 is 1.96 bits per heavy atom. The lowest BCUT2D eigenvalue weighted by atomic mass is 9.89. The van der Waals surface area contributed by atoms with Crippen LogP contribution in [0, 0.1) is 11.8 Å². The fourth-order valence-electron chi connectivity index (χ4n) is 4.65. The summed E-state index contributed by atoms with van der Waals surface area (Å²) in [5.74, 6) is 1.71. The van der Waals surface area contributed by atoms with Gasteiger partial charge in [-0.1, -0.05) is 30.3 Å². The molecule has 7 heteroatoms. The van der Waals surface area contributed by atoms with Crippen molar-refractivity contribution < 1.29 is 9.59 Å². The predicted octanol–water partition coefficient (Wildman–Crippen LogP) is 1.19. The molecular weight excluding hydrogens is 354 g/mol. The van der Waals surface area contributed by atoms with Gasteiger partial charge >= 0.3 is 0 Å². The van der Waals surface area contributed by atoms with Gasteiger partial charge in [0, 0.05) is 51.9 Å². The zero-order valence-corrected chi connectivity index (χ0v) is 16.4. The van der Waals surface area contributed by atoms with Crippen LogP contribution in [0.2, 0.25) is 0 Å². The molecule has 3 heterocycles. The number of amides is 2. The van der Waals surface area contributed by atoms with Crippen molar-refractivity contribution >= 4 is 11.8 Å². The molecule has 1 aromatic heterocycles. The predicted molar refractivity (Wildman–Crippen MR) is 105 cm³/mol. The van der Waals surface area contributed by atoms with Crippen molar-refractivity contribution in [1.82, 2.24) is 24.7 Å². The van der Waals surface area contributed by atoms with Gasteiger partial charge in [-0.25, -0.2) is 4.98 Å². The van der Waals surface area contributed by atoms with Crippen molar-refractivity contribution in [3.05, 3.63) is 54.1 Å². The average Bonchev–Trinajstić information content (AvgIpc) is 3.35. The number of benzene rings is 1. The summed E-state index contributed by atoms with van der Waals surface area (Å²) in [6.07, 6.45) is 3.81. The lowest BCUT2D eigenvalue weighted by Gasteiger charge is -2.30. The molecule has 2 aliphatic heterocycles. The number of rotatable bonds is 5. The van der Waals surface area contributed by atoms with Gasteiger partial charge in [0.2, 0.25) is 11.8 Å². The van der Waals surface area contributed by atoms with Crippen LogP contribution in [-0.4, -0.2) is 57.3 Å². The highest BCUT2D eigenvalue weighted by molar-refractivity contribution is 5.84. The molecule has 0 spiro atoms. The van der Waals surface area contributed by atoms with E-state index in [2.05, 4.69) is 31.9 Å². The smallest absolute Gasteiger partial charge is 0.242 e. The molecule has 2 aliphatic rings. The molecule has 2 fully saturated rings. The van der Waals surface area contributed by atoms with E-state index in [9.17, 15) is 9.59 Å². The number of likely N-dealkylation sites (tertiary alicyclic amines) is 2. The van der Waals surface area contributed by atoms with Crippen molar-refractivity contribution in [3.8, 4) is 0 Å². The van der Waals surface area contributed by atoms with Crippen LogP contribution < -0.4 is 5.32 Å². The SMILES string of the molecule is CC(=O)NCC(=O)N1C[C@@H]2CN(Cc3nccn3C)C[C@@H]2[C@H]1c1ccccc1. The number of imidazole rings is 1. The Morgan fingerprint density at radius 1 is 1.18 bits per heavy atom. The second-order valence-electron chi connectivity index (χ2n) is 7.88. The monoisotopic (exact) mass is 381 g/mol. The first-order valence-corrected chi connectivity index (χ1v) is 9.80. The summed E-state index contributed by atoms with van der Waals surface area (Å²) in [4.78, 5) is 32.9. The number of nitrogens with one attached hydrogen (secondary N) is 1. The number of aromatic nitrogens is 2. The molecule has 0 bridgehead atoms. The Hall–Kier alpha value is -2.67. The van der Waals surface area contributed by atoms with E-state index >= 15 is 0 Å². The Morgan fingerprint density at radius 3 is 2.64 bits per heavy atom. The van der Waals surface area contributed by atoms with Crippen LogP contribution in [0.15, 0.2) is 42.7 Å². The van der Waals surface area contributed by atoms with E-state index in [0.717, 1.165) is 32.0 Å². The van der Waals surface area contributed by atoms with Crippen molar-refractivity contribution in [1.29, 1.82) is 0 Å². The Bertz CT molecular complexity index is 849. The zero-order chi connectivity index (χ0) is 19.7. The van der Waals surface area contributed by atoms with Gasteiger partial charge in [-0.15, -0.1) is 0 Å². The van der Waals surface area contributed by atoms with Gasteiger partial charge in [0.1, 0.15) is 5.82 Å². The molecule has 2 amide bonds. The maximum Gasteiger partial charge on any atom is 0.242 e. The van der Waals surface area contributed by atoms with Crippen molar-refractivity contribution in [3.63, 3.8) is 0 Å². The number of hydrogen-bond acceptors (Lipinski definition) is 4. The second kappa shape index (κ2) is 7.75. The summed E-state index contributed by atoms with van der Waals surface area (Å²) in [5, 5.41) is 2.65. The molecule has 7 nitrogen and oxygen atoms in total. The Kier molecular flexibility index (Phi) is 5.17. The molecule has 0 radical (unpaired) electrons. The molecule has 148 valence electrons. The molecule has 0 aliphatic carbocycles. The quantitative estimate of drug-likeness (QED) is 0.845. The summed E-state index contributed by atoms with van der Waals surface area (Å²) in [6, 6.07) is 10.3. The third kappa shape index (κ3) is 3.67. The van der Waals surface area contributed by atoms with Gasteiger partial charge in [0.15, 0.2) is 0 Å². The molecule has 0 unspecified atom stereocenters. The number of carbonyl (C=O) groups excluding carboxylic acids is 2. The van der Waals surface area contributed by atoms with E-state index in [-0.39, 0.29) is 24.4 Å². The molecule has 0 saturated carbocycles. The lowest BCUT2D eigenvalue weighted by molar-refractivity contribution is -0.133. The molecule has 3 atom stereocenters. The zero-order valence-electron chi connectivity index (χ0n) is 16.4. The number of hydrogen-bond donors (Lipinski definition) is 1. The van der Waals surface area contributed by atoms with Gasteiger partial charge in [0.05, 0.1) is 19.1 Å². The van der Waals surface area contributed by atoms with Gasteiger partial charge in [0.25, 0.3) is 0 Å². The molecule has 1 N–H and O–H groups in total. The first-order chi connectivity index (χ1) is 13.5. The van der Waals surface area contributed by atoms with Crippen molar-refractivity contribution in [2.45, 2.75) is 19.5 Å². The lowest BCUT2D eigenvalue weighted by Crippen LogP contribution is -2.41. The third-order valence-corrected chi connectivity index (χ3v) is 5.98. The van der Waals surface area contributed by atoms with Crippen LogP contribution in [0.25, 0.3) is 0 Å². The van der Waals surface area contributed by atoms with Gasteiger partial charge in [-0.3, -0.25) is 14.5 Å². The fourth-order valence-corrected chi connectivity index (χ4v) is 4.65. The molecule has 1 aromatic carbocycles. The fraction of sp³-hybridized carbons (Fsp3) is 0.476. The molecule has 2 saturated heterocycles. The first kappa shape index (κ1) is 18.7. The molecule has 4 rings (SSSR count). The summed E-state index contributed by atoms with van der Waals surface area (Å²) in [7, 11) is 2.02. The van der Waals surface area contributed by atoms with Crippen LogP contribution in [0.5, 0.6) is 0 Å². The first-order valence-electron chi connectivity index (χ1n) is 9.80. The maximum absolute atomic E-state index is 12.8. The number of aryl methyl sites for hydroxylation is 1. The average molecular weight is 381 g/mol. The number of fused-ring (bicyclic) bond motifs is 1. The van der Waals surface area contributed by atoms with Crippen LogP contribution in [0.4, 0.5) is 0 Å². The topological polar surface area (TPSA) is 70.5 Å². The summed E-state index contributed by atoms with van der Waals surface area (Å²) in [5.41, 5.74) is 1.17. The molecular formula is C21H27N5O2. The van der Waals surface area contributed by atoms with Crippen LogP contribution >= 0.6 is 0 Å². The van der Waals surface area contributed by atoms with Crippen molar-refractivity contribution in [2.75, 3.05) is 26.2 Å². The third-order valence-electron chi connectivity index (χ3n) is 5.98. The van der Waals surface area contributed by atoms with Gasteiger partial charge in [-0.05, 0) is 11.5 Å². The summed E-state index contributed by atoms with van der Waals surface area (Å²) in [6.45, 7) is 4.98. The van der Waals surface area contributed by atoms with Crippen molar-refractivity contribution in [2.24, 2.45) is 18.9 Å². The van der Waals surface area contributed by atoms with E-state index in [1.807, 2.05) is 42.5 Å². The highest BCUT2D eigenvalue weighted by atomic mass is 16.2. The van der Waals surface area contributed by atoms with Gasteiger partial charge < -0.3 is 14.8 Å². The maximum atomic E-state index is 12.8. The van der Waals surface area contributed by atoms with Crippen LogP contribution in [0.3, 0.4) is 0 Å². The van der Waals surface area contributed by atoms with E-state index in [1.54, 1.807) is 0 Å². The number of nitrogens with zero attached hydrogens (tertiary/aromatic N) is 4. The normalized spacial score (nSPS) is 24.4. The second-order valence-corrected chi connectivity index (χ2v) is 7.88. The number of carbonyl (C=O) groups is 2. The minimum Gasteiger partial charge on any atom is -0.347 e. The Labute approximate surface area is 165 Å². The minimum atomic E-state index is -0.176. The largest absolute Gasteiger partial charge is 0.347 e. The van der Waals surface area contributed by atoms with E-state index in [4.69, 9.17) is 0 Å². The summed E-state index contributed by atoms with van der Waals surface area (Å²) < 4.78 is 2.06. The van der Waals surface area contributed by atoms with E-state index < -0.39 is 0 Å². The summed E-state index contributed by atoms with van der Waals surface area (Å²) >= 11 is 0. The Balaban J connectivity index is 1.52. The minimum absolute atomic E-state index is 0.00546.